The molecule has 2 aromatic carbocycles. The van der Waals surface area contributed by atoms with Gasteiger partial charge in [-0.1, -0.05) is 24.3 Å². The van der Waals surface area contributed by atoms with Gasteiger partial charge in [0, 0.05) is 24.7 Å². The third kappa shape index (κ3) is 5.54. The minimum Gasteiger partial charge on any atom is -0.321 e. The molecule has 0 saturated heterocycles. The molecule has 3 rings (SSSR count). The highest BCUT2D eigenvalue weighted by atomic mass is 32.2. The van der Waals surface area contributed by atoms with E-state index in [1.54, 1.807) is 31.9 Å². The molecule has 1 aromatic heterocycles. The van der Waals surface area contributed by atoms with E-state index in [2.05, 4.69) is 10.3 Å². The Hall–Kier alpha value is -2.93. The van der Waals surface area contributed by atoms with Gasteiger partial charge in [0.1, 0.15) is 0 Å². The number of carbonyl (C=O) groups excluding carboxylic acids is 1. The molecule has 150 valence electrons. The Labute approximate surface area is 173 Å². The van der Waals surface area contributed by atoms with Crippen LogP contribution in [0.1, 0.15) is 24.1 Å². The first-order valence-electron chi connectivity index (χ1n) is 9.05. The maximum Gasteiger partial charge on any atom is 0.322 e. The number of hydrogen-bond donors (Lipinski definition) is 1. The number of nitrogens with one attached hydrogen (secondary N) is 1. The Bertz CT molecular complexity index is 985. The van der Waals surface area contributed by atoms with E-state index in [1.807, 2.05) is 42.5 Å². The number of aromatic nitrogens is 1. The monoisotopic (exact) mass is 413 g/mol. The normalized spacial score (nSPS) is 11.7. The van der Waals surface area contributed by atoms with Crippen molar-refractivity contribution in [1.82, 2.24) is 9.88 Å². The van der Waals surface area contributed by atoms with Gasteiger partial charge in [-0.15, -0.1) is 11.8 Å². The fraction of sp³-hybridized carbons (Fsp3) is 0.182. The molecule has 29 heavy (non-hydrogen) atoms. The van der Waals surface area contributed by atoms with Crippen LogP contribution < -0.4 is 5.32 Å². The molecule has 0 radical (unpaired) electrons. The highest BCUT2D eigenvalue weighted by Crippen LogP contribution is 2.24. The topological polar surface area (TPSA) is 45.2 Å². The number of anilines is 1. The maximum absolute atomic E-state index is 13.5. The van der Waals surface area contributed by atoms with E-state index >= 15 is 0 Å². The minimum atomic E-state index is -0.929. The Morgan fingerprint density at radius 3 is 2.66 bits per heavy atom. The molecular weight excluding hydrogens is 392 g/mol. The molecule has 0 saturated carbocycles. The van der Waals surface area contributed by atoms with E-state index in [0.29, 0.717) is 11.3 Å². The number of rotatable bonds is 6. The van der Waals surface area contributed by atoms with E-state index in [9.17, 15) is 13.6 Å². The quantitative estimate of drug-likeness (QED) is 0.514. The lowest BCUT2D eigenvalue weighted by atomic mass is 10.1. The average molecular weight is 413 g/mol. The number of carbonyl (C=O) groups is 1. The van der Waals surface area contributed by atoms with Crippen molar-refractivity contribution in [2.24, 2.45) is 0 Å². The van der Waals surface area contributed by atoms with Crippen LogP contribution in [-0.4, -0.2) is 23.0 Å². The fourth-order valence-corrected chi connectivity index (χ4v) is 3.52. The summed E-state index contributed by atoms with van der Waals surface area (Å²) in [7, 11) is 1.61. The van der Waals surface area contributed by atoms with Crippen molar-refractivity contribution < 1.29 is 13.6 Å². The average Bonchev–Trinajstić information content (AvgIpc) is 2.74. The predicted octanol–water partition coefficient (Wildman–Crippen LogP) is 5.88. The molecular formula is C22H21F2N3OS. The molecule has 7 heteroatoms. The van der Waals surface area contributed by atoms with E-state index in [1.165, 1.54) is 11.0 Å². The van der Waals surface area contributed by atoms with E-state index in [0.717, 1.165) is 28.5 Å². The first-order chi connectivity index (χ1) is 13.9. The largest absolute Gasteiger partial charge is 0.322 e. The second-order valence-electron chi connectivity index (χ2n) is 6.55. The highest BCUT2D eigenvalue weighted by Gasteiger charge is 2.19. The molecule has 1 unspecified atom stereocenters. The van der Waals surface area contributed by atoms with Crippen LogP contribution in [0.2, 0.25) is 0 Å². The summed E-state index contributed by atoms with van der Waals surface area (Å²) in [6.07, 6.45) is 1.75. The molecule has 0 fully saturated rings. The third-order valence-electron chi connectivity index (χ3n) is 4.53. The standard InChI is InChI=1S/C22H21F2N3OS/c1-15(17-9-10-19(23)20(24)13-17)27(2)22(28)26-18-7-5-6-16(12-18)14-29-21-8-3-4-11-25-21/h3-13,15H,14H2,1-2H3,(H,26,28). The van der Waals surface area contributed by atoms with Crippen molar-refractivity contribution in [2.75, 3.05) is 12.4 Å². The van der Waals surface area contributed by atoms with Gasteiger partial charge in [-0.2, -0.15) is 0 Å². The molecule has 0 aliphatic carbocycles. The molecule has 1 heterocycles. The van der Waals surface area contributed by atoms with Crippen molar-refractivity contribution in [2.45, 2.75) is 23.7 Å². The zero-order valence-electron chi connectivity index (χ0n) is 16.1. The van der Waals surface area contributed by atoms with Crippen molar-refractivity contribution in [3.05, 3.63) is 89.6 Å². The summed E-state index contributed by atoms with van der Waals surface area (Å²) in [5.41, 5.74) is 2.23. The SMILES string of the molecule is CC(c1ccc(F)c(F)c1)N(C)C(=O)Nc1cccc(CSc2ccccn2)c1. The molecule has 0 spiro atoms. The van der Waals surface area contributed by atoms with Gasteiger partial charge >= 0.3 is 6.03 Å². The number of halogens is 2. The van der Waals surface area contributed by atoms with Crippen molar-refractivity contribution in [3.63, 3.8) is 0 Å². The summed E-state index contributed by atoms with van der Waals surface area (Å²) in [6, 6.07) is 16.2. The number of pyridine rings is 1. The summed E-state index contributed by atoms with van der Waals surface area (Å²) in [6.45, 7) is 1.76. The number of benzene rings is 2. The zero-order valence-corrected chi connectivity index (χ0v) is 16.9. The summed E-state index contributed by atoms with van der Waals surface area (Å²) in [5.74, 6) is -1.11. The van der Waals surface area contributed by atoms with E-state index in [-0.39, 0.29) is 6.03 Å². The number of urea groups is 1. The molecule has 2 amide bonds. The lowest BCUT2D eigenvalue weighted by Gasteiger charge is -2.25. The molecule has 0 bridgehead atoms. The Balaban J connectivity index is 1.62. The Morgan fingerprint density at radius 1 is 1.10 bits per heavy atom. The number of amides is 2. The Kier molecular flexibility index (Phi) is 6.82. The third-order valence-corrected chi connectivity index (χ3v) is 5.55. The van der Waals surface area contributed by atoms with Crippen LogP contribution in [-0.2, 0) is 5.75 Å². The van der Waals surface area contributed by atoms with E-state index in [4.69, 9.17) is 0 Å². The summed E-state index contributed by atoms with van der Waals surface area (Å²) in [5, 5.41) is 3.78. The van der Waals surface area contributed by atoms with Crippen LogP contribution in [0.15, 0.2) is 71.9 Å². The first-order valence-corrected chi connectivity index (χ1v) is 10.0. The second kappa shape index (κ2) is 9.52. The Morgan fingerprint density at radius 2 is 1.93 bits per heavy atom. The van der Waals surface area contributed by atoms with Gasteiger partial charge in [-0.25, -0.2) is 18.6 Å². The molecule has 1 atom stereocenters. The van der Waals surface area contributed by atoms with Gasteiger partial charge in [-0.05, 0) is 54.4 Å². The molecule has 0 aliphatic heterocycles. The van der Waals surface area contributed by atoms with Gasteiger partial charge in [-0.3, -0.25) is 0 Å². The minimum absolute atomic E-state index is 0.336. The van der Waals surface area contributed by atoms with Crippen LogP contribution in [0, 0.1) is 11.6 Å². The molecule has 4 nitrogen and oxygen atoms in total. The predicted molar refractivity (Wildman–Crippen MR) is 112 cm³/mol. The lowest BCUT2D eigenvalue weighted by molar-refractivity contribution is 0.208. The lowest BCUT2D eigenvalue weighted by Crippen LogP contribution is -2.33. The molecule has 0 aliphatic rings. The number of thioether (sulfide) groups is 1. The van der Waals surface area contributed by atoms with E-state index < -0.39 is 17.7 Å². The highest BCUT2D eigenvalue weighted by molar-refractivity contribution is 7.98. The van der Waals surface area contributed by atoms with Gasteiger partial charge in [0.25, 0.3) is 0 Å². The van der Waals surface area contributed by atoms with Crippen LogP contribution in [0.5, 0.6) is 0 Å². The number of nitrogens with zero attached hydrogens (tertiary/aromatic N) is 2. The van der Waals surface area contributed by atoms with Crippen LogP contribution in [0.4, 0.5) is 19.3 Å². The molecule has 1 N–H and O–H groups in total. The van der Waals surface area contributed by atoms with Gasteiger partial charge in [0.15, 0.2) is 11.6 Å². The van der Waals surface area contributed by atoms with Crippen molar-refractivity contribution >= 4 is 23.5 Å². The first kappa shape index (κ1) is 20.8. The second-order valence-corrected chi connectivity index (χ2v) is 7.54. The van der Waals surface area contributed by atoms with Gasteiger partial charge in [0.2, 0.25) is 0 Å². The number of hydrogen-bond acceptors (Lipinski definition) is 3. The van der Waals surface area contributed by atoms with Gasteiger partial charge in [0.05, 0.1) is 11.1 Å². The van der Waals surface area contributed by atoms with Crippen molar-refractivity contribution in [1.29, 1.82) is 0 Å². The zero-order chi connectivity index (χ0) is 20.8. The van der Waals surface area contributed by atoms with Crippen LogP contribution in [0.3, 0.4) is 0 Å². The van der Waals surface area contributed by atoms with Gasteiger partial charge < -0.3 is 10.2 Å². The fourth-order valence-electron chi connectivity index (χ4n) is 2.71. The van der Waals surface area contributed by atoms with Crippen LogP contribution >= 0.6 is 11.8 Å². The maximum atomic E-state index is 13.5. The molecule has 3 aromatic rings. The summed E-state index contributed by atoms with van der Waals surface area (Å²) < 4.78 is 26.6. The summed E-state index contributed by atoms with van der Waals surface area (Å²) >= 11 is 1.61. The smallest absolute Gasteiger partial charge is 0.321 e. The van der Waals surface area contributed by atoms with Crippen molar-refractivity contribution in [3.8, 4) is 0 Å². The summed E-state index contributed by atoms with van der Waals surface area (Å²) in [4.78, 5) is 18.3. The van der Waals surface area contributed by atoms with Crippen LogP contribution in [0.25, 0.3) is 0 Å².